The van der Waals surface area contributed by atoms with Crippen molar-refractivity contribution in [1.82, 2.24) is 0 Å². The van der Waals surface area contributed by atoms with E-state index < -0.39 is 24.1 Å². The molecule has 8 heteroatoms. The van der Waals surface area contributed by atoms with Crippen LogP contribution in [0, 0.1) is 11.8 Å². The number of aliphatic hydroxyl groups excluding tert-OH is 1. The SMILES string of the molecule is CCCC(CCCc1cc(CCCC(CCC)C(=O)O)c2c(c1)O[C@@H](c1ccc(O)c(O)c1)[C@@H](O)C2)C(=O)O. The van der Waals surface area contributed by atoms with Crippen molar-refractivity contribution in [2.45, 2.75) is 96.7 Å². The third-order valence-electron chi connectivity index (χ3n) is 7.70. The molecule has 0 fully saturated rings. The van der Waals surface area contributed by atoms with Crippen LogP contribution in [0.15, 0.2) is 30.3 Å². The third-order valence-corrected chi connectivity index (χ3v) is 7.70. The smallest absolute Gasteiger partial charge is 0.306 e. The predicted molar refractivity (Wildman–Crippen MR) is 147 cm³/mol. The zero-order valence-electron chi connectivity index (χ0n) is 22.9. The van der Waals surface area contributed by atoms with Gasteiger partial charge in [-0.05, 0) is 86.3 Å². The number of fused-ring (bicyclic) bond motifs is 1. The second kappa shape index (κ2) is 14.2. The van der Waals surface area contributed by atoms with Crippen molar-refractivity contribution in [3.8, 4) is 17.2 Å². The molecule has 0 spiro atoms. The predicted octanol–water partition coefficient (Wildman–Crippen LogP) is 5.78. The Bertz CT molecular complexity index is 1130. The maximum absolute atomic E-state index is 11.6. The van der Waals surface area contributed by atoms with Crippen LogP contribution in [0.5, 0.6) is 17.2 Å². The van der Waals surface area contributed by atoms with E-state index in [9.17, 15) is 35.1 Å². The summed E-state index contributed by atoms with van der Waals surface area (Å²) in [7, 11) is 0. The number of aromatic hydroxyl groups is 2. The molecule has 0 saturated heterocycles. The minimum atomic E-state index is -0.872. The molecule has 0 bridgehead atoms. The number of carboxylic acids is 2. The molecule has 2 unspecified atom stereocenters. The van der Waals surface area contributed by atoms with E-state index in [0.29, 0.717) is 69.1 Å². The Balaban J connectivity index is 1.84. The fourth-order valence-electron chi connectivity index (χ4n) is 5.58. The van der Waals surface area contributed by atoms with Gasteiger partial charge in [0.2, 0.25) is 0 Å². The van der Waals surface area contributed by atoms with Crippen molar-refractivity contribution in [2.24, 2.45) is 11.8 Å². The fraction of sp³-hybridized carbons (Fsp3) is 0.548. The molecular weight excluding hydrogens is 500 g/mol. The monoisotopic (exact) mass is 542 g/mol. The van der Waals surface area contributed by atoms with Gasteiger partial charge in [0, 0.05) is 12.0 Å². The van der Waals surface area contributed by atoms with Crippen molar-refractivity contribution in [3.63, 3.8) is 0 Å². The first kappa shape index (κ1) is 30.3. The molecule has 214 valence electrons. The molecule has 0 radical (unpaired) electrons. The lowest BCUT2D eigenvalue weighted by Gasteiger charge is -2.33. The van der Waals surface area contributed by atoms with E-state index >= 15 is 0 Å². The van der Waals surface area contributed by atoms with Crippen molar-refractivity contribution in [2.75, 3.05) is 0 Å². The van der Waals surface area contributed by atoms with Crippen LogP contribution in [0.25, 0.3) is 0 Å². The topological polar surface area (TPSA) is 145 Å². The highest BCUT2D eigenvalue weighted by atomic mass is 16.5. The van der Waals surface area contributed by atoms with Crippen LogP contribution in [0.3, 0.4) is 0 Å². The van der Waals surface area contributed by atoms with E-state index in [4.69, 9.17) is 4.74 Å². The average Bonchev–Trinajstić information content (AvgIpc) is 2.89. The highest BCUT2D eigenvalue weighted by Crippen LogP contribution is 2.40. The number of benzene rings is 2. The maximum atomic E-state index is 11.6. The van der Waals surface area contributed by atoms with Crippen LogP contribution in [-0.2, 0) is 28.9 Å². The lowest BCUT2D eigenvalue weighted by molar-refractivity contribution is -0.143. The molecule has 2 aromatic carbocycles. The number of aliphatic carboxylic acids is 2. The summed E-state index contributed by atoms with van der Waals surface area (Å²) in [6.45, 7) is 3.96. The molecule has 0 aromatic heterocycles. The second-order valence-corrected chi connectivity index (χ2v) is 10.7. The number of hydrogen-bond donors (Lipinski definition) is 5. The number of phenols is 2. The summed E-state index contributed by atoms with van der Waals surface area (Å²) in [6, 6.07) is 8.40. The molecule has 1 aliphatic rings. The Morgan fingerprint density at radius 1 is 0.872 bits per heavy atom. The lowest BCUT2D eigenvalue weighted by Crippen LogP contribution is -2.31. The van der Waals surface area contributed by atoms with E-state index in [1.807, 2.05) is 19.9 Å². The summed E-state index contributed by atoms with van der Waals surface area (Å²) in [5, 5.41) is 49.7. The highest BCUT2D eigenvalue weighted by Gasteiger charge is 2.32. The molecule has 2 aromatic rings. The first-order valence-electron chi connectivity index (χ1n) is 14.1. The van der Waals surface area contributed by atoms with Gasteiger partial charge in [-0.25, -0.2) is 0 Å². The van der Waals surface area contributed by atoms with Gasteiger partial charge in [-0.15, -0.1) is 0 Å². The molecule has 0 aliphatic carbocycles. The number of rotatable bonds is 15. The van der Waals surface area contributed by atoms with Crippen LogP contribution in [0.2, 0.25) is 0 Å². The van der Waals surface area contributed by atoms with Crippen molar-refractivity contribution < 1.29 is 39.9 Å². The van der Waals surface area contributed by atoms with E-state index in [1.165, 1.54) is 12.1 Å². The Morgan fingerprint density at radius 3 is 2.05 bits per heavy atom. The number of phenolic OH excluding ortho intramolecular Hbond substituents is 2. The standard InChI is InChI=1S/C31H42O8/c1-3-7-20(30(35)36)10-5-9-19-15-22(12-6-11-21(8-4-2)31(37)38)24-18-27(34)29(39-28(24)16-19)23-13-14-25(32)26(33)17-23/h13-17,20-21,27,29,32-34H,3-12,18H2,1-2H3,(H,35,36)(H,37,38)/t20?,21?,27-,29-/m0/s1. The Labute approximate surface area is 230 Å². The van der Waals surface area contributed by atoms with Gasteiger partial charge in [-0.3, -0.25) is 9.59 Å². The largest absolute Gasteiger partial charge is 0.504 e. The maximum Gasteiger partial charge on any atom is 0.306 e. The molecule has 39 heavy (non-hydrogen) atoms. The van der Waals surface area contributed by atoms with Crippen LogP contribution in [0.4, 0.5) is 0 Å². The highest BCUT2D eigenvalue weighted by molar-refractivity contribution is 5.70. The van der Waals surface area contributed by atoms with Gasteiger partial charge in [0.1, 0.15) is 11.9 Å². The third kappa shape index (κ3) is 8.12. The van der Waals surface area contributed by atoms with Gasteiger partial charge in [-0.2, -0.15) is 0 Å². The number of aryl methyl sites for hydroxylation is 2. The Hall–Kier alpha value is -3.26. The van der Waals surface area contributed by atoms with Crippen LogP contribution < -0.4 is 4.74 Å². The van der Waals surface area contributed by atoms with E-state index in [2.05, 4.69) is 6.07 Å². The molecule has 0 amide bonds. The summed E-state index contributed by atoms with van der Waals surface area (Å²) < 4.78 is 6.28. The summed E-state index contributed by atoms with van der Waals surface area (Å²) in [5.41, 5.74) is 3.46. The first-order valence-corrected chi connectivity index (χ1v) is 14.1. The minimum Gasteiger partial charge on any atom is -0.504 e. The zero-order chi connectivity index (χ0) is 28.5. The van der Waals surface area contributed by atoms with Crippen molar-refractivity contribution in [1.29, 1.82) is 0 Å². The Morgan fingerprint density at radius 2 is 1.49 bits per heavy atom. The quantitative estimate of drug-likeness (QED) is 0.178. The molecule has 1 heterocycles. The zero-order valence-corrected chi connectivity index (χ0v) is 22.9. The van der Waals surface area contributed by atoms with Gasteiger partial charge >= 0.3 is 11.9 Å². The second-order valence-electron chi connectivity index (χ2n) is 10.7. The van der Waals surface area contributed by atoms with Gasteiger partial charge in [0.25, 0.3) is 0 Å². The summed E-state index contributed by atoms with van der Waals surface area (Å²) in [4.78, 5) is 23.2. The number of ether oxygens (including phenoxy) is 1. The first-order chi connectivity index (χ1) is 18.6. The minimum absolute atomic E-state index is 0.250. The summed E-state index contributed by atoms with van der Waals surface area (Å²) in [5.74, 6) is -2.18. The molecule has 1 aliphatic heterocycles. The average molecular weight is 543 g/mol. The Kier molecular flexibility index (Phi) is 11.0. The van der Waals surface area contributed by atoms with E-state index in [0.717, 1.165) is 29.5 Å². The number of hydrogen-bond acceptors (Lipinski definition) is 6. The lowest BCUT2D eigenvalue weighted by atomic mass is 9.87. The van der Waals surface area contributed by atoms with E-state index in [1.54, 1.807) is 6.07 Å². The molecule has 8 nitrogen and oxygen atoms in total. The number of aliphatic hydroxyl groups is 1. The van der Waals surface area contributed by atoms with Gasteiger partial charge < -0.3 is 30.3 Å². The normalized spacial score (nSPS) is 18.1. The van der Waals surface area contributed by atoms with Crippen LogP contribution in [-0.4, -0.2) is 43.6 Å². The summed E-state index contributed by atoms with van der Waals surface area (Å²) >= 11 is 0. The van der Waals surface area contributed by atoms with E-state index in [-0.39, 0.29) is 23.3 Å². The van der Waals surface area contributed by atoms with Gasteiger partial charge in [-0.1, -0.05) is 38.8 Å². The van der Waals surface area contributed by atoms with Crippen molar-refractivity contribution >= 4 is 11.9 Å². The van der Waals surface area contributed by atoms with Crippen molar-refractivity contribution in [3.05, 3.63) is 52.6 Å². The fourth-order valence-corrected chi connectivity index (χ4v) is 5.58. The molecule has 4 atom stereocenters. The number of carbonyl (C=O) groups is 2. The molecular formula is C31H42O8. The summed E-state index contributed by atoms with van der Waals surface area (Å²) in [6.07, 6.45) is 5.54. The van der Waals surface area contributed by atoms with Crippen LogP contribution in [0.1, 0.15) is 93.6 Å². The number of carboxylic acid groups (broad SMARTS) is 2. The molecule has 0 saturated carbocycles. The molecule has 5 N–H and O–H groups in total. The van der Waals surface area contributed by atoms with Gasteiger partial charge in [0.05, 0.1) is 17.9 Å². The van der Waals surface area contributed by atoms with Crippen LogP contribution >= 0.6 is 0 Å². The molecule has 3 rings (SSSR count). The van der Waals surface area contributed by atoms with Gasteiger partial charge in [0.15, 0.2) is 11.5 Å².